The summed E-state index contributed by atoms with van der Waals surface area (Å²) in [6.45, 7) is 7.48. The molecule has 11 heteroatoms. The molecule has 6 rings (SSSR count). The molecule has 2 aliphatic rings. The minimum atomic E-state index is -0.617. The van der Waals surface area contributed by atoms with E-state index in [2.05, 4.69) is 61.7 Å². The van der Waals surface area contributed by atoms with Crippen molar-refractivity contribution >= 4 is 23.2 Å². The Morgan fingerprint density at radius 2 is 1.69 bits per heavy atom. The summed E-state index contributed by atoms with van der Waals surface area (Å²) in [4.78, 5) is 39.2. The maximum absolute atomic E-state index is 14.3. The zero-order chi connectivity index (χ0) is 33.5. The number of rotatable bonds is 10. The number of likely N-dealkylation sites (N-methyl/N-ethyl adjacent to an activating group) is 1. The van der Waals surface area contributed by atoms with Crippen LogP contribution in [0.15, 0.2) is 66.2 Å². The van der Waals surface area contributed by atoms with Crippen molar-refractivity contribution < 1.29 is 18.7 Å². The third-order valence-corrected chi connectivity index (χ3v) is 9.95. The van der Waals surface area contributed by atoms with Crippen LogP contribution in [0.5, 0.6) is 11.6 Å². The number of amides is 2. The van der Waals surface area contributed by atoms with Crippen LogP contribution in [0.25, 0.3) is 11.1 Å². The van der Waals surface area contributed by atoms with Crippen molar-refractivity contribution in [3.8, 4) is 22.8 Å². The fraction of sp³-hybridized carbons (Fsp3) is 0.405. The Bertz CT molecular complexity index is 1710. The molecule has 1 saturated carbocycles. The summed E-state index contributed by atoms with van der Waals surface area (Å²) in [5.74, 6) is -0.690. The predicted octanol–water partition coefficient (Wildman–Crippen LogP) is 6.10. The van der Waals surface area contributed by atoms with Crippen LogP contribution in [0.2, 0.25) is 0 Å². The fourth-order valence-electron chi connectivity index (χ4n) is 6.37. The van der Waals surface area contributed by atoms with Gasteiger partial charge >= 0.3 is 0 Å². The fourth-order valence-corrected chi connectivity index (χ4v) is 6.96. The van der Waals surface area contributed by atoms with Gasteiger partial charge in [0.15, 0.2) is 0 Å². The van der Waals surface area contributed by atoms with Gasteiger partial charge in [0, 0.05) is 37.1 Å². The number of benzene rings is 2. The molecule has 252 valence electrons. The van der Waals surface area contributed by atoms with Gasteiger partial charge in [-0.3, -0.25) is 9.59 Å². The zero-order valence-corrected chi connectivity index (χ0v) is 28.4. The van der Waals surface area contributed by atoms with E-state index in [0.717, 1.165) is 61.0 Å². The van der Waals surface area contributed by atoms with Crippen LogP contribution in [0.1, 0.15) is 63.5 Å². The summed E-state index contributed by atoms with van der Waals surface area (Å²) in [6, 6.07) is 17.3. The van der Waals surface area contributed by atoms with E-state index in [1.807, 2.05) is 25.1 Å². The van der Waals surface area contributed by atoms with Gasteiger partial charge in [-0.1, -0.05) is 36.4 Å². The van der Waals surface area contributed by atoms with Gasteiger partial charge in [0.05, 0.1) is 11.2 Å². The molecule has 0 unspecified atom stereocenters. The predicted molar refractivity (Wildman–Crippen MR) is 186 cm³/mol. The molecular weight excluding hydrogens is 628 g/mol. The van der Waals surface area contributed by atoms with Gasteiger partial charge in [-0.2, -0.15) is 0 Å². The highest BCUT2D eigenvalue weighted by molar-refractivity contribution is 7.09. The van der Waals surface area contributed by atoms with Crippen molar-refractivity contribution in [3.63, 3.8) is 0 Å². The Hall–Kier alpha value is -4.19. The monoisotopic (exact) mass is 670 g/mol. The van der Waals surface area contributed by atoms with Crippen molar-refractivity contribution in [2.24, 2.45) is 0 Å². The van der Waals surface area contributed by atoms with Crippen molar-refractivity contribution in [1.82, 2.24) is 30.4 Å². The first-order chi connectivity index (χ1) is 23.3. The quantitative estimate of drug-likeness (QED) is 0.211. The minimum Gasteiger partial charge on any atom is -0.438 e. The number of pyridine rings is 1. The standard InChI is InChI=1S/C37H43FN6O3S/c1-25-40-34(24-48-25)36(46)42-31-13-11-30(12-14-31)41-35(45)33-22-29(38)23-39-37(33)47-32-6-3-5-28(21-32)27-9-7-26(8-10-27)15-18-44-17-4-16-43(2)19-20-44/h3,5-10,21-24,30-31H,4,11-20H2,1-2H3,(H,41,45)(H,42,46). The largest absolute Gasteiger partial charge is 0.438 e. The Morgan fingerprint density at radius 3 is 2.42 bits per heavy atom. The number of halogens is 1. The number of carbonyl (C=O) groups is 2. The summed E-state index contributed by atoms with van der Waals surface area (Å²) >= 11 is 1.44. The second-order valence-electron chi connectivity index (χ2n) is 12.8. The van der Waals surface area contributed by atoms with Crippen LogP contribution in [0.3, 0.4) is 0 Å². The highest BCUT2D eigenvalue weighted by Crippen LogP contribution is 2.29. The van der Waals surface area contributed by atoms with Crippen LogP contribution in [-0.2, 0) is 6.42 Å². The average Bonchev–Trinajstić information content (AvgIpc) is 3.43. The molecule has 0 atom stereocenters. The number of nitrogens with zero attached hydrogens (tertiary/aromatic N) is 4. The lowest BCUT2D eigenvalue weighted by Crippen LogP contribution is -2.44. The van der Waals surface area contributed by atoms with E-state index in [1.54, 1.807) is 11.4 Å². The summed E-state index contributed by atoms with van der Waals surface area (Å²) < 4.78 is 20.4. The van der Waals surface area contributed by atoms with Gasteiger partial charge in [-0.25, -0.2) is 14.4 Å². The second-order valence-corrected chi connectivity index (χ2v) is 13.9. The summed E-state index contributed by atoms with van der Waals surface area (Å²) in [7, 11) is 2.19. The van der Waals surface area contributed by atoms with Crippen molar-refractivity contribution in [1.29, 1.82) is 0 Å². The van der Waals surface area contributed by atoms with E-state index < -0.39 is 11.7 Å². The van der Waals surface area contributed by atoms with E-state index in [0.29, 0.717) is 37.1 Å². The first-order valence-electron chi connectivity index (χ1n) is 16.8. The van der Waals surface area contributed by atoms with Crippen LogP contribution in [0.4, 0.5) is 4.39 Å². The second kappa shape index (κ2) is 15.8. The molecule has 2 N–H and O–H groups in total. The molecule has 3 heterocycles. The van der Waals surface area contributed by atoms with Crippen LogP contribution >= 0.6 is 11.3 Å². The van der Waals surface area contributed by atoms with E-state index in [4.69, 9.17) is 4.74 Å². The molecule has 0 bridgehead atoms. The van der Waals surface area contributed by atoms with Crippen LogP contribution < -0.4 is 15.4 Å². The number of aryl methyl sites for hydroxylation is 1. The molecule has 48 heavy (non-hydrogen) atoms. The molecule has 1 aliphatic heterocycles. The Labute approximate surface area is 285 Å². The summed E-state index contributed by atoms with van der Waals surface area (Å²) in [5, 5.41) is 8.68. The Kier molecular flexibility index (Phi) is 11.1. The van der Waals surface area contributed by atoms with Gasteiger partial charge in [0.25, 0.3) is 11.8 Å². The maximum Gasteiger partial charge on any atom is 0.270 e. The normalized spacial score (nSPS) is 19.0. The number of aromatic nitrogens is 2. The van der Waals surface area contributed by atoms with E-state index in [-0.39, 0.29) is 29.4 Å². The van der Waals surface area contributed by atoms with Gasteiger partial charge in [0.2, 0.25) is 5.88 Å². The molecule has 4 aromatic rings. The van der Waals surface area contributed by atoms with E-state index in [1.165, 1.54) is 29.9 Å². The Balaban J connectivity index is 1.04. The maximum atomic E-state index is 14.3. The number of hydrogen-bond donors (Lipinski definition) is 2. The Morgan fingerprint density at radius 1 is 0.938 bits per heavy atom. The van der Waals surface area contributed by atoms with Crippen molar-refractivity contribution in [2.75, 3.05) is 39.8 Å². The molecule has 9 nitrogen and oxygen atoms in total. The third-order valence-electron chi connectivity index (χ3n) is 9.18. The van der Waals surface area contributed by atoms with E-state index >= 15 is 0 Å². The first-order valence-corrected chi connectivity index (χ1v) is 17.6. The zero-order valence-electron chi connectivity index (χ0n) is 27.6. The lowest BCUT2D eigenvalue weighted by molar-refractivity contribution is 0.0888. The molecule has 0 radical (unpaired) electrons. The molecule has 1 aliphatic carbocycles. The molecule has 2 aromatic heterocycles. The average molecular weight is 671 g/mol. The highest BCUT2D eigenvalue weighted by Gasteiger charge is 2.26. The third kappa shape index (κ3) is 9.03. The van der Waals surface area contributed by atoms with Gasteiger partial charge in [-0.05, 0) is 100 Å². The number of ether oxygens (including phenoxy) is 1. The minimum absolute atomic E-state index is 0.0116. The SMILES string of the molecule is Cc1nc(C(=O)NC2CCC(NC(=O)c3cc(F)cnc3Oc3cccc(-c4ccc(CCN5CCCN(C)CC5)cc4)c3)CC2)cs1. The van der Waals surface area contributed by atoms with Crippen LogP contribution in [-0.4, -0.2) is 83.4 Å². The number of hydrogen-bond acceptors (Lipinski definition) is 8. The lowest BCUT2D eigenvalue weighted by Gasteiger charge is -2.29. The van der Waals surface area contributed by atoms with Gasteiger partial charge in [0.1, 0.15) is 22.8 Å². The number of nitrogens with one attached hydrogen (secondary N) is 2. The lowest BCUT2D eigenvalue weighted by atomic mass is 9.91. The first kappa shape index (κ1) is 33.7. The van der Waals surface area contributed by atoms with Crippen molar-refractivity contribution in [2.45, 2.75) is 57.5 Å². The molecule has 2 aromatic carbocycles. The molecule has 1 saturated heterocycles. The number of thiazole rings is 1. The van der Waals surface area contributed by atoms with Gasteiger partial charge in [-0.15, -0.1) is 11.3 Å². The topological polar surface area (TPSA) is 99.7 Å². The highest BCUT2D eigenvalue weighted by atomic mass is 32.1. The smallest absolute Gasteiger partial charge is 0.270 e. The van der Waals surface area contributed by atoms with Crippen molar-refractivity contribution in [3.05, 3.63) is 93.8 Å². The van der Waals surface area contributed by atoms with E-state index in [9.17, 15) is 14.0 Å². The molecule has 0 spiro atoms. The summed E-state index contributed by atoms with van der Waals surface area (Å²) in [6.07, 6.45) is 6.08. The molecule has 2 amide bonds. The summed E-state index contributed by atoms with van der Waals surface area (Å²) in [5.41, 5.74) is 3.80. The molecular formula is C37H43FN6O3S. The molecule has 2 fully saturated rings. The number of carbonyl (C=O) groups excluding carboxylic acids is 2. The van der Waals surface area contributed by atoms with Crippen LogP contribution in [0, 0.1) is 12.7 Å². The van der Waals surface area contributed by atoms with Gasteiger partial charge < -0.3 is 25.2 Å².